The standard InChI is InChI=1S/C9H16N2S/c1-4-5-8-6-11-9(12-8)7(2)10-3/h6-7,10H,4-5H2,1-3H3. The van der Waals surface area contributed by atoms with Gasteiger partial charge in [0.1, 0.15) is 5.01 Å². The summed E-state index contributed by atoms with van der Waals surface area (Å²) >= 11 is 1.82. The van der Waals surface area contributed by atoms with Crippen molar-refractivity contribution < 1.29 is 0 Å². The van der Waals surface area contributed by atoms with E-state index in [4.69, 9.17) is 0 Å². The molecule has 0 saturated carbocycles. The highest BCUT2D eigenvalue weighted by Gasteiger charge is 2.06. The van der Waals surface area contributed by atoms with Crippen LogP contribution >= 0.6 is 11.3 Å². The van der Waals surface area contributed by atoms with E-state index in [-0.39, 0.29) is 0 Å². The second-order valence-electron chi connectivity index (χ2n) is 2.93. The monoisotopic (exact) mass is 184 g/mol. The molecule has 0 bridgehead atoms. The second-order valence-corrected chi connectivity index (χ2v) is 4.07. The van der Waals surface area contributed by atoms with Gasteiger partial charge in [-0.3, -0.25) is 0 Å². The van der Waals surface area contributed by atoms with Gasteiger partial charge in [-0.15, -0.1) is 11.3 Å². The van der Waals surface area contributed by atoms with Gasteiger partial charge in [-0.05, 0) is 20.4 Å². The van der Waals surface area contributed by atoms with Crippen molar-refractivity contribution >= 4 is 11.3 Å². The predicted molar refractivity (Wildman–Crippen MR) is 53.6 cm³/mol. The van der Waals surface area contributed by atoms with Gasteiger partial charge in [-0.1, -0.05) is 13.3 Å². The first-order chi connectivity index (χ1) is 5.77. The predicted octanol–water partition coefficient (Wildman–Crippen LogP) is 2.38. The minimum absolute atomic E-state index is 0.389. The SMILES string of the molecule is CCCc1cnc(C(C)NC)s1. The number of thiazole rings is 1. The third-order valence-corrected chi connectivity index (χ3v) is 3.11. The lowest BCUT2D eigenvalue weighted by Gasteiger charge is -2.03. The Bertz CT molecular complexity index is 232. The van der Waals surface area contributed by atoms with Crippen molar-refractivity contribution in [1.82, 2.24) is 10.3 Å². The minimum Gasteiger partial charge on any atom is -0.311 e. The summed E-state index contributed by atoms with van der Waals surface area (Å²) in [5.74, 6) is 0. The molecule has 68 valence electrons. The Labute approximate surface area is 78.0 Å². The smallest absolute Gasteiger partial charge is 0.109 e. The van der Waals surface area contributed by atoms with Crippen LogP contribution in [0.25, 0.3) is 0 Å². The maximum atomic E-state index is 4.36. The molecule has 0 aliphatic heterocycles. The van der Waals surface area contributed by atoms with E-state index in [9.17, 15) is 0 Å². The van der Waals surface area contributed by atoms with Crippen LogP contribution in [0.2, 0.25) is 0 Å². The summed E-state index contributed by atoms with van der Waals surface area (Å²) in [6.07, 6.45) is 4.36. The molecular weight excluding hydrogens is 168 g/mol. The van der Waals surface area contributed by atoms with Crippen molar-refractivity contribution in [1.29, 1.82) is 0 Å². The molecule has 1 aromatic heterocycles. The van der Waals surface area contributed by atoms with Crippen molar-refractivity contribution in [2.24, 2.45) is 0 Å². The number of hydrogen-bond acceptors (Lipinski definition) is 3. The molecule has 1 aromatic rings. The second kappa shape index (κ2) is 4.58. The number of nitrogens with zero attached hydrogens (tertiary/aromatic N) is 1. The Morgan fingerprint density at radius 1 is 1.67 bits per heavy atom. The molecule has 0 radical (unpaired) electrons. The van der Waals surface area contributed by atoms with Gasteiger partial charge in [0.2, 0.25) is 0 Å². The summed E-state index contributed by atoms with van der Waals surface area (Å²) in [7, 11) is 1.96. The first kappa shape index (κ1) is 9.68. The first-order valence-electron chi connectivity index (χ1n) is 4.39. The summed E-state index contributed by atoms with van der Waals surface area (Å²) in [5, 5.41) is 4.38. The van der Waals surface area contributed by atoms with Crippen molar-refractivity contribution in [3.8, 4) is 0 Å². The fourth-order valence-electron chi connectivity index (χ4n) is 1.01. The highest BCUT2D eigenvalue weighted by atomic mass is 32.1. The van der Waals surface area contributed by atoms with Crippen LogP contribution in [0.5, 0.6) is 0 Å². The molecule has 1 unspecified atom stereocenters. The third kappa shape index (κ3) is 2.29. The van der Waals surface area contributed by atoms with E-state index in [1.807, 2.05) is 24.6 Å². The lowest BCUT2D eigenvalue weighted by molar-refractivity contribution is 0.647. The van der Waals surface area contributed by atoms with Crippen LogP contribution in [-0.2, 0) is 6.42 Å². The Balaban J connectivity index is 2.63. The molecule has 0 saturated heterocycles. The summed E-state index contributed by atoms with van der Waals surface area (Å²) in [6, 6.07) is 0.389. The van der Waals surface area contributed by atoms with Gasteiger partial charge in [-0.2, -0.15) is 0 Å². The molecule has 0 aromatic carbocycles. The molecule has 1 N–H and O–H groups in total. The van der Waals surface area contributed by atoms with Crippen LogP contribution in [-0.4, -0.2) is 12.0 Å². The highest BCUT2D eigenvalue weighted by Crippen LogP contribution is 2.20. The van der Waals surface area contributed by atoms with Crippen LogP contribution in [0.3, 0.4) is 0 Å². The van der Waals surface area contributed by atoms with Crippen LogP contribution in [0.15, 0.2) is 6.20 Å². The number of nitrogens with one attached hydrogen (secondary N) is 1. The van der Waals surface area contributed by atoms with Crippen molar-refractivity contribution in [3.05, 3.63) is 16.1 Å². The first-order valence-corrected chi connectivity index (χ1v) is 5.21. The van der Waals surface area contributed by atoms with E-state index < -0.39 is 0 Å². The van der Waals surface area contributed by atoms with Gasteiger partial charge < -0.3 is 5.32 Å². The third-order valence-electron chi connectivity index (χ3n) is 1.87. The molecule has 1 heterocycles. The zero-order valence-corrected chi connectivity index (χ0v) is 8.74. The van der Waals surface area contributed by atoms with Crippen molar-refractivity contribution in [2.75, 3.05) is 7.05 Å². The van der Waals surface area contributed by atoms with Gasteiger partial charge >= 0.3 is 0 Å². The summed E-state index contributed by atoms with van der Waals surface area (Å²) in [4.78, 5) is 5.76. The van der Waals surface area contributed by atoms with Gasteiger partial charge in [0.05, 0.1) is 6.04 Å². The maximum Gasteiger partial charge on any atom is 0.109 e. The van der Waals surface area contributed by atoms with E-state index in [0.717, 1.165) is 6.42 Å². The number of aromatic nitrogens is 1. The Morgan fingerprint density at radius 3 is 3.00 bits per heavy atom. The molecular formula is C9H16N2S. The van der Waals surface area contributed by atoms with Crippen LogP contribution < -0.4 is 5.32 Å². The molecule has 0 aliphatic carbocycles. The van der Waals surface area contributed by atoms with Gasteiger partial charge in [-0.25, -0.2) is 4.98 Å². The molecule has 0 spiro atoms. The number of rotatable bonds is 4. The number of hydrogen-bond donors (Lipinski definition) is 1. The van der Waals surface area contributed by atoms with Crippen molar-refractivity contribution in [3.63, 3.8) is 0 Å². The molecule has 0 amide bonds. The van der Waals surface area contributed by atoms with E-state index in [2.05, 4.69) is 24.1 Å². The van der Waals surface area contributed by atoms with Crippen LogP contribution in [0, 0.1) is 0 Å². The molecule has 1 rings (SSSR count). The Morgan fingerprint density at radius 2 is 2.42 bits per heavy atom. The molecule has 1 atom stereocenters. The lowest BCUT2D eigenvalue weighted by atomic mass is 10.3. The fourth-order valence-corrected chi connectivity index (χ4v) is 2.09. The highest BCUT2D eigenvalue weighted by molar-refractivity contribution is 7.11. The van der Waals surface area contributed by atoms with E-state index in [1.165, 1.54) is 16.3 Å². The average molecular weight is 184 g/mol. The Hall–Kier alpha value is -0.410. The topological polar surface area (TPSA) is 24.9 Å². The zero-order valence-electron chi connectivity index (χ0n) is 7.92. The van der Waals surface area contributed by atoms with E-state index in [0.29, 0.717) is 6.04 Å². The van der Waals surface area contributed by atoms with E-state index >= 15 is 0 Å². The van der Waals surface area contributed by atoms with Gasteiger partial charge in [0.25, 0.3) is 0 Å². The Kier molecular flexibility index (Phi) is 3.69. The largest absolute Gasteiger partial charge is 0.311 e. The summed E-state index contributed by atoms with van der Waals surface area (Å²) in [5.41, 5.74) is 0. The molecule has 0 fully saturated rings. The van der Waals surface area contributed by atoms with Crippen LogP contribution in [0.1, 0.15) is 36.2 Å². The number of aryl methyl sites for hydroxylation is 1. The van der Waals surface area contributed by atoms with Crippen molar-refractivity contribution in [2.45, 2.75) is 32.7 Å². The lowest BCUT2D eigenvalue weighted by Crippen LogP contribution is -2.11. The quantitative estimate of drug-likeness (QED) is 0.777. The normalized spacial score (nSPS) is 13.2. The molecule has 0 aliphatic rings. The zero-order chi connectivity index (χ0) is 8.97. The van der Waals surface area contributed by atoms with Gasteiger partial charge in [0, 0.05) is 11.1 Å². The summed E-state index contributed by atoms with van der Waals surface area (Å²) < 4.78 is 0. The fraction of sp³-hybridized carbons (Fsp3) is 0.667. The van der Waals surface area contributed by atoms with Crippen LogP contribution in [0.4, 0.5) is 0 Å². The van der Waals surface area contributed by atoms with Gasteiger partial charge in [0.15, 0.2) is 0 Å². The maximum absolute atomic E-state index is 4.36. The molecule has 3 heteroatoms. The summed E-state index contributed by atoms with van der Waals surface area (Å²) in [6.45, 7) is 4.33. The van der Waals surface area contributed by atoms with E-state index in [1.54, 1.807) is 0 Å². The minimum atomic E-state index is 0.389. The average Bonchev–Trinajstić information content (AvgIpc) is 2.52. The molecule has 12 heavy (non-hydrogen) atoms. The molecule has 2 nitrogen and oxygen atoms in total.